The molecule has 0 unspecified atom stereocenters. The van der Waals surface area contributed by atoms with E-state index in [0.717, 1.165) is 34.1 Å². The van der Waals surface area contributed by atoms with Crippen LogP contribution in [0.15, 0.2) is 194 Å². The van der Waals surface area contributed by atoms with E-state index in [1.807, 2.05) is 22.7 Å². The molecule has 0 aliphatic carbocycles. The monoisotopic (exact) mass is 700 g/mol. The number of hydrogen-bond acceptors (Lipinski definition) is 4. The molecule has 2 aromatic heterocycles. The molecule has 2 heterocycles. The number of fused-ring (bicyclic) bond motifs is 6. The minimum atomic E-state index is 1.13. The van der Waals surface area contributed by atoms with Gasteiger partial charge in [-0.05, 0) is 102 Å². The molecule has 10 aromatic rings. The van der Waals surface area contributed by atoms with Crippen molar-refractivity contribution in [2.24, 2.45) is 0 Å². The summed E-state index contributed by atoms with van der Waals surface area (Å²) in [5, 5.41) is 5.13. The largest absolute Gasteiger partial charge is 0.310 e. The minimum Gasteiger partial charge on any atom is -0.310 e. The second kappa shape index (κ2) is 12.8. The van der Waals surface area contributed by atoms with E-state index in [4.69, 9.17) is 0 Å². The van der Waals surface area contributed by atoms with Gasteiger partial charge in [-0.3, -0.25) is 0 Å². The quantitative estimate of drug-likeness (QED) is 0.163. The molecule has 0 amide bonds. The van der Waals surface area contributed by atoms with Crippen LogP contribution in [-0.4, -0.2) is 0 Å². The standard InChI is InChI=1S/C48H32N2S2/c1-4-12-33(13-5-1)34-20-22-37(23-21-34)50(38-25-28-46-43(30-38)41-18-10-11-19-45(41)51-46)39-26-29-47-44(31-39)42-27-24-40(32-48(42)52-47)49(35-14-6-2-7-15-35)36-16-8-3-9-17-36/h1-32H. The van der Waals surface area contributed by atoms with Gasteiger partial charge in [-0.2, -0.15) is 0 Å². The molecule has 2 nitrogen and oxygen atoms in total. The molecule has 4 heteroatoms. The number of anilines is 6. The minimum absolute atomic E-state index is 1.13. The Bertz CT molecular complexity index is 2800. The molecule has 0 aliphatic rings. The summed E-state index contributed by atoms with van der Waals surface area (Å²) in [6.45, 7) is 0. The van der Waals surface area contributed by atoms with Crippen LogP contribution in [0.4, 0.5) is 34.1 Å². The maximum atomic E-state index is 2.41. The van der Waals surface area contributed by atoms with Gasteiger partial charge < -0.3 is 9.80 Å². The zero-order chi connectivity index (χ0) is 34.4. The van der Waals surface area contributed by atoms with Gasteiger partial charge in [-0.25, -0.2) is 0 Å². The van der Waals surface area contributed by atoms with E-state index in [2.05, 4.69) is 204 Å². The van der Waals surface area contributed by atoms with E-state index < -0.39 is 0 Å². The highest BCUT2D eigenvalue weighted by molar-refractivity contribution is 7.26. The second-order valence-corrected chi connectivity index (χ2v) is 15.2. The first-order valence-corrected chi connectivity index (χ1v) is 19.1. The number of benzene rings is 8. The van der Waals surface area contributed by atoms with Crippen molar-refractivity contribution >= 4 is 97.1 Å². The average molecular weight is 701 g/mol. The van der Waals surface area contributed by atoms with Crippen molar-refractivity contribution in [1.29, 1.82) is 0 Å². The third kappa shape index (κ3) is 5.41. The smallest absolute Gasteiger partial charge is 0.0476 e. The summed E-state index contributed by atoms with van der Waals surface area (Å²) in [6.07, 6.45) is 0. The fraction of sp³-hybridized carbons (Fsp3) is 0. The Morgan fingerprint density at radius 3 is 1.29 bits per heavy atom. The van der Waals surface area contributed by atoms with Crippen LogP contribution in [0.25, 0.3) is 51.5 Å². The molecular weight excluding hydrogens is 669 g/mol. The van der Waals surface area contributed by atoms with Crippen molar-refractivity contribution in [3.05, 3.63) is 194 Å². The SMILES string of the molecule is c1ccc(-c2ccc(N(c3ccc4sc5ccccc5c4c3)c3ccc4sc5cc(N(c6ccccc6)c6ccccc6)ccc5c4c3)cc2)cc1. The first-order chi connectivity index (χ1) is 25.8. The van der Waals surface area contributed by atoms with Gasteiger partial charge in [-0.1, -0.05) is 103 Å². The molecule has 0 spiro atoms. The topological polar surface area (TPSA) is 6.48 Å². The lowest BCUT2D eigenvalue weighted by Crippen LogP contribution is -2.09. The highest BCUT2D eigenvalue weighted by atomic mass is 32.1. The van der Waals surface area contributed by atoms with Crippen LogP contribution in [0.5, 0.6) is 0 Å². The van der Waals surface area contributed by atoms with Gasteiger partial charge in [0.1, 0.15) is 0 Å². The molecule has 0 saturated carbocycles. The van der Waals surface area contributed by atoms with E-state index in [0.29, 0.717) is 0 Å². The first-order valence-electron chi connectivity index (χ1n) is 17.5. The molecule has 0 saturated heterocycles. The van der Waals surface area contributed by atoms with Crippen molar-refractivity contribution in [2.45, 2.75) is 0 Å². The predicted octanol–water partition coefficient (Wildman–Crippen LogP) is 15.0. The normalized spacial score (nSPS) is 11.5. The zero-order valence-corrected chi connectivity index (χ0v) is 29.8. The number of rotatable bonds is 7. The summed E-state index contributed by atoms with van der Waals surface area (Å²) in [7, 11) is 0. The molecule has 10 rings (SSSR count). The Balaban J connectivity index is 1.11. The van der Waals surface area contributed by atoms with Gasteiger partial charge in [0.15, 0.2) is 0 Å². The van der Waals surface area contributed by atoms with E-state index in [-0.39, 0.29) is 0 Å². The van der Waals surface area contributed by atoms with Crippen molar-refractivity contribution in [3.8, 4) is 11.1 Å². The predicted molar refractivity (Wildman–Crippen MR) is 227 cm³/mol. The molecule has 8 aromatic carbocycles. The van der Waals surface area contributed by atoms with Crippen LogP contribution in [-0.2, 0) is 0 Å². The van der Waals surface area contributed by atoms with Gasteiger partial charge in [0.25, 0.3) is 0 Å². The molecule has 52 heavy (non-hydrogen) atoms. The lowest BCUT2D eigenvalue weighted by molar-refractivity contribution is 1.29. The van der Waals surface area contributed by atoms with Gasteiger partial charge in [0.2, 0.25) is 0 Å². The van der Waals surface area contributed by atoms with Crippen LogP contribution >= 0.6 is 22.7 Å². The number of hydrogen-bond donors (Lipinski definition) is 0. The highest BCUT2D eigenvalue weighted by Gasteiger charge is 2.18. The molecule has 0 atom stereocenters. The Morgan fingerprint density at radius 2 is 0.654 bits per heavy atom. The highest BCUT2D eigenvalue weighted by Crippen LogP contribution is 2.45. The molecule has 0 bridgehead atoms. The van der Waals surface area contributed by atoms with E-state index in [9.17, 15) is 0 Å². The summed E-state index contributed by atoms with van der Waals surface area (Å²) >= 11 is 3.71. The van der Waals surface area contributed by atoms with Crippen LogP contribution in [0, 0.1) is 0 Å². The van der Waals surface area contributed by atoms with E-state index >= 15 is 0 Å². The van der Waals surface area contributed by atoms with Gasteiger partial charge in [-0.15, -0.1) is 22.7 Å². The number of nitrogens with zero attached hydrogens (tertiary/aromatic N) is 2. The van der Waals surface area contributed by atoms with Crippen LogP contribution in [0.3, 0.4) is 0 Å². The fourth-order valence-electron chi connectivity index (χ4n) is 7.37. The Hall–Kier alpha value is -6.20. The second-order valence-electron chi connectivity index (χ2n) is 13.0. The maximum absolute atomic E-state index is 2.41. The van der Waals surface area contributed by atoms with Gasteiger partial charge >= 0.3 is 0 Å². The number of para-hydroxylation sites is 2. The number of thiophene rings is 2. The van der Waals surface area contributed by atoms with E-state index in [1.165, 1.54) is 51.5 Å². The molecule has 0 fully saturated rings. The van der Waals surface area contributed by atoms with Crippen molar-refractivity contribution in [2.75, 3.05) is 9.80 Å². The van der Waals surface area contributed by atoms with Crippen LogP contribution < -0.4 is 9.80 Å². The zero-order valence-electron chi connectivity index (χ0n) is 28.2. The summed E-state index contributed by atoms with van der Waals surface area (Å²) in [4.78, 5) is 4.74. The molecular formula is C48H32N2S2. The van der Waals surface area contributed by atoms with E-state index in [1.54, 1.807) is 0 Å². The Morgan fingerprint density at radius 1 is 0.250 bits per heavy atom. The molecule has 0 radical (unpaired) electrons. The first kappa shape index (κ1) is 30.6. The maximum Gasteiger partial charge on any atom is 0.0476 e. The summed E-state index contributed by atoms with van der Waals surface area (Å²) in [5.74, 6) is 0. The van der Waals surface area contributed by atoms with Crippen molar-refractivity contribution in [3.63, 3.8) is 0 Å². The lowest BCUT2D eigenvalue weighted by atomic mass is 10.0. The molecule has 246 valence electrons. The van der Waals surface area contributed by atoms with Crippen molar-refractivity contribution < 1.29 is 0 Å². The average Bonchev–Trinajstić information content (AvgIpc) is 3.77. The van der Waals surface area contributed by atoms with Crippen molar-refractivity contribution in [1.82, 2.24) is 0 Å². The Kier molecular flexibility index (Phi) is 7.56. The van der Waals surface area contributed by atoms with Crippen LogP contribution in [0.1, 0.15) is 0 Å². The molecule has 0 N–H and O–H groups in total. The lowest BCUT2D eigenvalue weighted by Gasteiger charge is -2.26. The summed E-state index contributed by atoms with van der Waals surface area (Å²) in [5.41, 5.74) is 9.26. The Labute approximate surface area is 310 Å². The summed E-state index contributed by atoms with van der Waals surface area (Å²) in [6, 6.07) is 70.3. The fourth-order valence-corrected chi connectivity index (χ4v) is 9.57. The van der Waals surface area contributed by atoms with Gasteiger partial charge in [0, 0.05) is 74.5 Å². The molecule has 0 aliphatic heterocycles. The third-order valence-corrected chi connectivity index (χ3v) is 12.1. The van der Waals surface area contributed by atoms with Crippen LogP contribution in [0.2, 0.25) is 0 Å². The van der Waals surface area contributed by atoms with Gasteiger partial charge in [0.05, 0.1) is 0 Å². The third-order valence-electron chi connectivity index (χ3n) is 9.83. The summed E-state index contributed by atoms with van der Waals surface area (Å²) < 4.78 is 5.17.